The van der Waals surface area contributed by atoms with Crippen LogP contribution >= 0.6 is 22.9 Å². The number of esters is 1. The van der Waals surface area contributed by atoms with Crippen molar-refractivity contribution < 1.29 is 32.3 Å². The lowest BCUT2D eigenvalue weighted by atomic mass is 10.0. The maximum absolute atomic E-state index is 13.4. The average molecular weight is 542 g/mol. The Morgan fingerprint density at radius 3 is 2.58 bits per heavy atom. The predicted octanol–water partition coefficient (Wildman–Crippen LogP) is 4.42. The molecule has 1 aliphatic heterocycles. The molecule has 1 aliphatic rings. The van der Waals surface area contributed by atoms with Crippen LogP contribution in [0.15, 0.2) is 41.2 Å². The van der Waals surface area contributed by atoms with Gasteiger partial charge in [-0.25, -0.2) is 4.79 Å². The second-order valence-electron chi connectivity index (χ2n) is 7.98. The van der Waals surface area contributed by atoms with Crippen molar-refractivity contribution in [1.82, 2.24) is 9.47 Å². The summed E-state index contributed by atoms with van der Waals surface area (Å²) in [5.74, 6) is -3.18. The minimum absolute atomic E-state index is 0.0139. The third-order valence-corrected chi connectivity index (χ3v) is 7.20. The standard InChI is InChI=1S/C23H19ClF3N3O5S/c1-3-35-20(32)14-11-29(13-7-8-16-17(9-13)36-22(34)28(16)2)21(33)30(19(14)31)10-12-5-4-6-15(18(12)24)23(25,26)27/h4-9,14H,3,10-11H2,1-2H3. The summed E-state index contributed by atoms with van der Waals surface area (Å²) in [6.07, 6.45) is -4.74. The molecule has 0 saturated carbocycles. The van der Waals surface area contributed by atoms with Gasteiger partial charge >= 0.3 is 23.0 Å². The van der Waals surface area contributed by atoms with E-state index in [1.54, 1.807) is 32.2 Å². The molecule has 4 rings (SSSR count). The highest BCUT2D eigenvalue weighted by atomic mass is 35.5. The molecular weight excluding hydrogens is 523 g/mol. The van der Waals surface area contributed by atoms with Crippen LogP contribution in [0.3, 0.4) is 0 Å². The van der Waals surface area contributed by atoms with Crippen molar-refractivity contribution in [3.05, 3.63) is 62.2 Å². The maximum Gasteiger partial charge on any atom is 0.417 e. The largest absolute Gasteiger partial charge is 0.465 e. The third-order valence-electron chi connectivity index (χ3n) is 5.76. The van der Waals surface area contributed by atoms with Gasteiger partial charge in [-0.3, -0.25) is 24.2 Å². The van der Waals surface area contributed by atoms with Crippen LogP contribution in [-0.4, -0.2) is 40.5 Å². The number of halogens is 4. The molecule has 0 aliphatic carbocycles. The number of imide groups is 1. The molecule has 1 fully saturated rings. The van der Waals surface area contributed by atoms with Crippen LogP contribution in [0.4, 0.5) is 23.7 Å². The van der Waals surface area contributed by atoms with Crippen LogP contribution in [0.5, 0.6) is 0 Å². The number of thiazole rings is 1. The van der Waals surface area contributed by atoms with Gasteiger partial charge in [-0.15, -0.1) is 0 Å². The number of nitrogens with zero attached hydrogens (tertiary/aromatic N) is 3. The molecule has 1 unspecified atom stereocenters. The number of carbonyl (C=O) groups is 3. The van der Waals surface area contributed by atoms with Crippen LogP contribution in [0.2, 0.25) is 5.02 Å². The lowest BCUT2D eigenvalue weighted by molar-refractivity contribution is -0.154. The molecule has 13 heteroatoms. The summed E-state index contributed by atoms with van der Waals surface area (Å²) < 4.78 is 47.0. The van der Waals surface area contributed by atoms with E-state index in [2.05, 4.69) is 0 Å². The lowest BCUT2D eigenvalue weighted by Crippen LogP contribution is -2.58. The van der Waals surface area contributed by atoms with Gasteiger partial charge in [0.2, 0.25) is 5.91 Å². The number of benzene rings is 2. The van der Waals surface area contributed by atoms with Gasteiger partial charge in [-0.2, -0.15) is 13.2 Å². The van der Waals surface area contributed by atoms with E-state index in [0.717, 1.165) is 28.4 Å². The monoisotopic (exact) mass is 541 g/mol. The zero-order chi connectivity index (χ0) is 26.4. The Kier molecular flexibility index (Phi) is 6.84. The third kappa shape index (κ3) is 4.58. The fourth-order valence-corrected chi connectivity index (χ4v) is 5.13. The first-order valence-corrected chi connectivity index (χ1v) is 11.9. The van der Waals surface area contributed by atoms with Crippen molar-refractivity contribution >= 4 is 56.7 Å². The van der Waals surface area contributed by atoms with E-state index in [1.807, 2.05) is 0 Å². The van der Waals surface area contributed by atoms with E-state index in [9.17, 15) is 32.3 Å². The molecule has 1 aromatic heterocycles. The van der Waals surface area contributed by atoms with Crippen molar-refractivity contribution in [2.45, 2.75) is 19.6 Å². The zero-order valence-corrected chi connectivity index (χ0v) is 20.5. The van der Waals surface area contributed by atoms with Crippen molar-refractivity contribution in [3.8, 4) is 0 Å². The van der Waals surface area contributed by atoms with E-state index < -0.39 is 47.1 Å². The molecule has 1 atom stereocenters. The summed E-state index contributed by atoms with van der Waals surface area (Å²) >= 11 is 6.94. The summed E-state index contributed by atoms with van der Waals surface area (Å²) in [6, 6.07) is 7.09. The van der Waals surface area contributed by atoms with E-state index in [1.165, 1.54) is 10.6 Å². The Labute approximate surface area is 211 Å². The number of fused-ring (bicyclic) bond motifs is 1. The van der Waals surface area contributed by atoms with Crippen LogP contribution in [-0.2, 0) is 34.1 Å². The molecule has 0 spiro atoms. The van der Waals surface area contributed by atoms with Gasteiger partial charge in [0.1, 0.15) is 0 Å². The maximum atomic E-state index is 13.4. The Morgan fingerprint density at radius 1 is 1.19 bits per heavy atom. The molecule has 3 aromatic rings. The van der Waals surface area contributed by atoms with Gasteiger partial charge in [0.05, 0.1) is 40.5 Å². The SMILES string of the molecule is CCOC(=O)C1CN(c2ccc3c(c2)sc(=O)n3C)C(=O)N(Cc2cccc(C(F)(F)F)c2Cl)C1=O. The van der Waals surface area contributed by atoms with Crippen LogP contribution in [0, 0.1) is 5.92 Å². The Balaban J connectivity index is 1.76. The average Bonchev–Trinajstić information content (AvgIpc) is 3.09. The van der Waals surface area contributed by atoms with Crippen molar-refractivity contribution in [1.29, 1.82) is 0 Å². The van der Waals surface area contributed by atoms with Crippen LogP contribution < -0.4 is 9.77 Å². The molecule has 0 bridgehead atoms. The number of hydrogen-bond donors (Lipinski definition) is 0. The number of rotatable bonds is 5. The smallest absolute Gasteiger partial charge is 0.417 e. The number of hydrogen-bond acceptors (Lipinski definition) is 6. The van der Waals surface area contributed by atoms with Gasteiger partial charge < -0.3 is 9.30 Å². The van der Waals surface area contributed by atoms with Gasteiger partial charge in [-0.05, 0) is 36.8 Å². The van der Waals surface area contributed by atoms with Crippen molar-refractivity contribution in [3.63, 3.8) is 0 Å². The Morgan fingerprint density at radius 2 is 1.92 bits per heavy atom. The number of carbonyl (C=O) groups excluding carboxylic acids is 3. The molecule has 2 aromatic carbocycles. The quantitative estimate of drug-likeness (QED) is 0.352. The second-order valence-corrected chi connectivity index (χ2v) is 9.35. The Hall–Kier alpha value is -3.38. The van der Waals surface area contributed by atoms with E-state index in [4.69, 9.17) is 16.3 Å². The number of ether oxygens (including phenoxy) is 1. The molecule has 36 heavy (non-hydrogen) atoms. The van der Waals surface area contributed by atoms with E-state index >= 15 is 0 Å². The summed E-state index contributed by atoms with van der Waals surface area (Å²) in [5, 5.41) is -0.647. The molecule has 3 amide bonds. The molecule has 2 heterocycles. The van der Waals surface area contributed by atoms with Crippen LogP contribution in [0.25, 0.3) is 10.2 Å². The Bertz CT molecular complexity index is 1430. The summed E-state index contributed by atoms with van der Waals surface area (Å²) in [7, 11) is 1.60. The number of amides is 3. The van der Waals surface area contributed by atoms with Gasteiger partial charge in [-0.1, -0.05) is 35.1 Å². The van der Waals surface area contributed by atoms with Crippen LogP contribution in [0.1, 0.15) is 18.1 Å². The predicted molar refractivity (Wildman–Crippen MR) is 127 cm³/mol. The number of urea groups is 1. The minimum atomic E-state index is -4.74. The number of alkyl halides is 3. The van der Waals surface area contributed by atoms with Crippen molar-refractivity contribution in [2.75, 3.05) is 18.1 Å². The first-order chi connectivity index (χ1) is 16.9. The normalized spacial score (nSPS) is 16.7. The second kappa shape index (κ2) is 9.58. The van der Waals surface area contributed by atoms with E-state index in [-0.39, 0.29) is 23.6 Å². The summed E-state index contributed by atoms with van der Waals surface area (Å²) in [6.45, 7) is 0.615. The van der Waals surface area contributed by atoms with Gasteiger partial charge in [0, 0.05) is 12.7 Å². The molecule has 190 valence electrons. The lowest BCUT2D eigenvalue weighted by Gasteiger charge is -2.37. The number of aromatic nitrogens is 1. The molecule has 0 radical (unpaired) electrons. The van der Waals surface area contributed by atoms with Gasteiger partial charge in [0.15, 0.2) is 5.92 Å². The molecule has 8 nitrogen and oxygen atoms in total. The molecule has 1 saturated heterocycles. The number of aryl methyl sites for hydroxylation is 1. The fourth-order valence-electron chi connectivity index (χ4n) is 3.93. The van der Waals surface area contributed by atoms with E-state index in [0.29, 0.717) is 20.8 Å². The summed E-state index contributed by atoms with van der Waals surface area (Å²) in [5.41, 5.74) is -0.295. The fraction of sp³-hybridized carbons (Fsp3) is 0.304. The molecular formula is C23H19ClF3N3O5S. The topological polar surface area (TPSA) is 88.9 Å². The zero-order valence-electron chi connectivity index (χ0n) is 19.0. The minimum Gasteiger partial charge on any atom is -0.465 e. The number of anilines is 1. The first kappa shape index (κ1) is 25.7. The van der Waals surface area contributed by atoms with Crippen molar-refractivity contribution in [2.24, 2.45) is 13.0 Å². The summed E-state index contributed by atoms with van der Waals surface area (Å²) in [4.78, 5) is 52.8. The highest BCUT2D eigenvalue weighted by Gasteiger charge is 2.45. The molecule has 0 N–H and O–H groups in total. The first-order valence-electron chi connectivity index (χ1n) is 10.7. The highest BCUT2D eigenvalue weighted by Crippen LogP contribution is 2.37. The highest BCUT2D eigenvalue weighted by molar-refractivity contribution is 7.16. The van der Waals surface area contributed by atoms with Gasteiger partial charge in [0.25, 0.3) is 0 Å².